The van der Waals surface area contributed by atoms with Crippen molar-refractivity contribution in [1.82, 2.24) is 0 Å². The van der Waals surface area contributed by atoms with Gasteiger partial charge < -0.3 is 10.1 Å². The number of fused-ring (bicyclic) bond motifs is 1. The zero-order valence-corrected chi connectivity index (χ0v) is 11.9. The number of benzene rings is 1. The first-order valence-electron chi connectivity index (χ1n) is 7.28. The van der Waals surface area contributed by atoms with Crippen LogP contribution in [0.25, 0.3) is 0 Å². The second-order valence-corrected chi connectivity index (χ2v) is 5.27. The number of esters is 1. The van der Waals surface area contributed by atoms with E-state index in [1.54, 1.807) is 0 Å². The van der Waals surface area contributed by atoms with E-state index >= 15 is 0 Å². The summed E-state index contributed by atoms with van der Waals surface area (Å²) in [5, 5.41) is 3.46. The molecule has 0 bridgehead atoms. The summed E-state index contributed by atoms with van der Waals surface area (Å²) in [5.41, 5.74) is 2.73. The maximum atomic E-state index is 11.5. The van der Waals surface area contributed by atoms with E-state index in [4.69, 9.17) is 4.74 Å². The van der Waals surface area contributed by atoms with E-state index < -0.39 is 0 Å². The molecular weight excluding hydrogens is 238 g/mol. The molecule has 1 aromatic rings. The van der Waals surface area contributed by atoms with Crippen molar-refractivity contribution in [2.45, 2.75) is 46.1 Å². The Balaban J connectivity index is 1.96. The van der Waals surface area contributed by atoms with Gasteiger partial charge in [0.05, 0.1) is 5.56 Å². The van der Waals surface area contributed by atoms with E-state index in [-0.39, 0.29) is 5.97 Å². The Labute approximate surface area is 115 Å². The van der Waals surface area contributed by atoms with Crippen molar-refractivity contribution in [3.05, 3.63) is 29.3 Å². The molecular formula is C16H23NO2. The number of ether oxygens (including phenoxy) is 1. The number of rotatable bonds is 7. The number of carbonyl (C=O) groups excluding carboxylic acids is 1. The third kappa shape index (κ3) is 3.49. The summed E-state index contributed by atoms with van der Waals surface area (Å²) in [6, 6.07) is 5.94. The Kier molecular flexibility index (Phi) is 4.83. The van der Waals surface area contributed by atoms with Crippen molar-refractivity contribution in [3.63, 3.8) is 0 Å². The number of cyclic esters (lactones) is 1. The zero-order chi connectivity index (χ0) is 13.7. The lowest BCUT2D eigenvalue weighted by Crippen LogP contribution is -2.14. The Bertz CT molecular complexity index is 436. The maximum Gasteiger partial charge on any atom is 0.338 e. The Morgan fingerprint density at radius 3 is 2.68 bits per heavy atom. The van der Waals surface area contributed by atoms with Gasteiger partial charge in [-0.1, -0.05) is 32.8 Å². The fourth-order valence-corrected chi connectivity index (χ4v) is 2.65. The lowest BCUT2D eigenvalue weighted by molar-refractivity contribution is 0.0535. The van der Waals surface area contributed by atoms with E-state index in [1.807, 2.05) is 18.2 Å². The highest BCUT2D eigenvalue weighted by molar-refractivity contribution is 5.94. The van der Waals surface area contributed by atoms with E-state index in [0.29, 0.717) is 12.2 Å². The Hall–Kier alpha value is -1.51. The normalized spacial score (nSPS) is 13.5. The number of nitrogens with one attached hydrogen (secondary N) is 1. The largest absolute Gasteiger partial charge is 0.457 e. The average Bonchev–Trinajstić information content (AvgIpc) is 2.78. The first-order chi connectivity index (χ1) is 9.24. The molecule has 0 unspecified atom stereocenters. The van der Waals surface area contributed by atoms with Crippen LogP contribution in [0.1, 0.15) is 55.5 Å². The molecule has 0 aliphatic carbocycles. The highest BCUT2D eigenvalue weighted by Gasteiger charge is 2.21. The van der Waals surface area contributed by atoms with Crippen LogP contribution in [0.3, 0.4) is 0 Å². The van der Waals surface area contributed by atoms with Crippen LogP contribution in [0.15, 0.2) is 18.2 Å². The molecule has 3 heteroatoms. The van der Waals surface area contributed by atoms with Crippen molar-refractivity contribution in [3.8, 4) is 0 Å². The minimum atomic E-state index is -0.197. The molecule has 0 spiro atoms. The summed E-state index contributed by atoms with van der Waals surface area (Å²) >= 11 is 0. The van der Waals surface area contributed by atoms with Crippen LogP contribution < -0.4 is 5.32 Å². The number of hydrogen-bond acceptors (Lipinski definition) is 3. The van der Waals surface area contributed by atoms with Gasteiger partial charge in [0.25, 0.3) is 0 Å². The number of hydrogen-bond donors (Lipinski definition) is 1. The monoisotopic (exact) mass is 261 g/mol. The molecule has 1 aromatic carbocycles. The molecule has 0 saturated heterocycles. The third-order valence-corrected chi connectivity index (χ3v) is 3.68. The van der Waals surface area contributed by atoms with Gasteiger partial charge in [-0.05, 0) is 30.9 Å². The van der Waals surface area contributed by atoms with E-state index in [1.165, 1.54) is 25.7 Å². The summed E-state index contributed by atoms with van der Waals surface area (Å²) < 4.78 is 5.01. The zero-order valence-electron chi connectivity index (χ0n) is 11.9. The molecule has 1 aliphatic heterocycles. The topological polar surface area (TPSA) is 38.3 Å². The van der Waals surface area contributed by atoms with Gasteiger partial charge in [-0.3, -0.25) is 0 Å². The fourth-order valence-electron chi connectivity index (χ4n) is 2.65. The van der Waals surface area contributed by atoms with Gasteiger partial charge in [-0.25, -0.2) is 4.79 Å². The van der Waals surface area contributed by atoms with Gasteiger partial charge in [0.2, 0.25) is 0 Å². The lowest BCUT2D eigenvalue weighted by Gasteiger charge is -2.17. The minimum Gasteiger partial charge on any atom is -0.457 e. The quantitative estimate of drug-likeness (QED) is 0.754. The summed E-state index contributed by atoms with van der Waals surface area (Å²) in [4.78, 5) is 11.5. The smallest absolute Gasteiger partial charge is 0.338 e. The van der Waals surface area contributed by atoms with Gasteiger partial charge >= 0.3 is 5.97 Å². The van der Waals surface area contributed by atoms with E-state index in [2.05, 4.69) is 19.2 Å². The summed E-state index contributed by atoms with van der Waals surface area (Å²) in [7, 11) is 0. The average molecular weight is 261 g/mol. The SMILES string of the molecule is CCCC(CCC)CNc1ccc2c(c1)C(=O)OC2. The second kappa shape index (κ2) is 6.60. The molecule has 3 nitrogen and oxygen atoms in total. The number of carbonyl (C=O) groups is 1. The molecule has 0 aromatic heterocycles. The van der Waals surface area contributed by atoms with Crippen LogP contribution in [0.5, 0.6) is 0 Å². The third-order valence-electron chi connectivity index (χ3n) is 3.68. The molecule has 0 saturated carbocycles. The summed E-state index contributed by atoms with van der Waals surface area (Å²) in [5.74, 6) is 0.521. The lowest BCUT2D eigenvalue weighted by atomic mass is 9.98. The second-order valence-electron chi connectivity index (χ2n) is 5.27. The molecule has 0 radical (unpaired) electrons. The van der Waals surface area contributed by atoms with Crippen molar-refractivity contribution in [1.29, 1.82) is 0 Å². The predicted octanol–water partition coefficient (Wildman–Crippen LogP) is 3.99. The number of anilines is 1. The van der Waals surface area contributed by atoms with Crippen LogP contribution in [-0.2, 0) is 11.3 Å². The van der Waals surface area contributed by atoms with E-state index in [9.17, 15) is 4.79 Å². The highest BCUT2D eigenvalue weighted by Crippen LogP contribution is 2.24. The summed E-state index contributed by atoms with van der Waals surface area (Å²) in [6.07, 6.45) is 4.97. The minimum absolute atomic E-state index is 0.197. The van der Waals surface area contributed by atoms with Gasteiger partial charge in [-0.15, -0.1) is 0 Å². The molecule has 0 amide bonds. The molecule has 1 N–H and O–H groups in total. The van der Waals surface area contributed by atoms with Crippen LogP contribution in [0, 0.1) is 5.92 Å². The first kappa shape index (κ1) is 13.9. The molecule has 0 atom stereocenters. The van der Waals surface area contributed by atoms with Crippen LogP contribution in [0.2, 0.25) is 0 Å². The van der Waals surface area contributed by atoms with Gasteiger partial charge in [0.1, 0.15) is 6.61 Å². The Morgan fingerprint density at radius 2 is 2.00 bits per heavy atom. The highest BCUT2D eigenvalue weighted by atomic mass is 16.5. The first-order valence-corrected chi connectivity index (χ1v) is 7.28. The van der Waals surface area contributed by atoms with E-state index in [0.717, 1.165) is 23.7 Å². The standard InChI is InChI=1S/C16H23NO2/c1-3-5-12(6-4-2)10-17-14-8-7-13-11-19-16(18)15(13)9-14/h7-9,12,17H,3-6,10-11H2,1-2H3. The van der Waals surface area contributed by atoms with Gasteiger partial charge in [0.15, 0.2) is 0 Å². The predicted molar refractivity (Wildman–Crippen MR) is 77.4 cm³/mol. The van der Waals surface area contributed by atoms with Crippen LogP contribution >= 0.6 is 0 Å². The van der Waals surface area contributed by atoms with Crippen molar-refractivity contribution < 1.29 is 9.53 Å². The molecule has 1 heterocycles. The van der Waals surface area contributed by atoms with Crippen LogP contribution in [-0.4, -0.2) is 12.5 Å². The van der Waals surface area contributed by atoms with Crippen LogP contribution in [0.4, 0.5) is 5.69 Å². The van der Waals surface area contributed by atoms with Gasteiger partial charge in [0, 0.05) is 17.8 Å². The molecule has 104 valence electrons. The molecule has 2 rings (SSSR count). The molecule has 0 fully saturated rings. The van der Waals surface area contributed by atoms with Crippen molar-refractivity contribution in [2.24, 2.45) is 5.92 Å². The molecule has 19 heavy (non-hydrogen) atoms. The summed E-state index contributed by atoms with van der Waals surface area (Å²) in [6.45, 7) is 5.86. The van der Waals surface area contributed by atoms with Crippen molar-refractivity contribution in [2.75, 3.05) is 11.9 Å². The Morgan fingerprint density at radius 1 is 1.26 bits per heavy atom. The molecule has 1 aliphatic rings. The fraction of sp³-hybridized carbons (Fsp3) is 0.562. The van der Waals surface area contributed by atoms with Gasteiger partial charge in [-0.2, -0.15) is 0 Å². The van der Waals surface area contributed by atoms with Crippen molar-refractivity contribution >= 4 is 11.7 Å². The maximum absolute atomic E-state index is 11.5.